The number of thioether (sulfide) groups is 1. The molecule has 1 amide bonds. The van der Waals surface area contributed by atoms with Crippen molar-refractivity contribution in [2.75, 3.05) is 19.3 Å². The lowest BCUT2D eigenvalue weighted by atomic mass is 9.98. The van der Waals surface area contributed by atoms with E-state index in [-0.39, 0.29) is 16.5 Å². The summed E-state index contributed by atoms with van der Waals surface area (Å²) in [4.78, 5) is 35.8. The largest absolute Gasteiger partial charge is 0.454 e. The molecule has 0 N–H and O–H groups in total. The van der Waals surface area contributed by atoms with E-state index in [2.05, 4.69) is 18.6 Å². The number of β-lactam (4-membered cyclic amide) rings is 1. The number of hydrogen-bond donors (Lipinski definition) is 0. The Morgan fingerprint density at radius 3 is 2.54 bits per heavy atom. The zero-order chi connectivity index (χ0) is 30.2. The summed E-state index contributed by atoms with van der Waals surface area (Å²) in [6.07, 6.45) is 8.32. The van der Waals surface area contributed by atoms with Gasteiger partial charge < -0.3 is 23.8 Å². The van der Waals surface area contributed by atoms with Crippen molar-refractivity contribution in [3.8, 4) is 11.5 Å². The third kappa shape index (κ3) is 9.00. The summed E-state index contributed by atoms with van der Waals surface area (Å²) < 4.78 is 32.0. The first-order valence-electron chi connectivity index (χ1n) is 14.2. The smallest absolute Gasteiger partial charge is 0.333 e. The maximum atomic E-state index is 12.3. The van der Waals surface area contributed by atoms with Crippen molar-refractivity contribution in [1.82, 2.24) is 4.90 Å². The van der Waals surface area contributed by atoms with E-state index in [0.717, 1.165) is 30.1 Å². The van der Waals surface area contributed by atoms with E-state index in [1.165, 1.54) is 61.3 Å². The van der Waals surface area contributed by atoms with Crippen LogP contribution in [0.15, 0.2) is 18.2 Å². The predicted molar refractivity (Wildman–Crippen MR) is 161 cm³/mol. The fraction of sp³-hybridized carbons (Fsp3) is 0.690. The van der Waals surface area contributed by atoms with Crippen molar-refractivity contribution in [3.63, 3.8) is 0 Å². The van der Waals surface area contributed by atoms with E-state index < -0.39 is 45.7 Å². The van der Waals surface area contributed by atoms with E-state index in [1.54, 1.807) is 0 Å². The van der Waals surface area contributed by atoms with Crippen LogP contribution in [0.2, 0.25) is 0 Å². The van der Waals surface area contributed by atoms with Gasteiger partial charge in [0.1, 0.15) is 16.8 Å². The van der Waals surface area contributed by atoms with Crippen LogP contribution in [0.5, 0.6) is 11.5 Å². The molecule has 1 aromatic carbocycles. The fourth-order valence-electron chi connectivity index (χ4n) is 4.92. The first-order chi connectivity index (χ1) is 19.5. The molecule has 4 rings (SSSR count). The third-order valence-electron chi connectivity index (χ3n) is 7.17. The lowest BCUT2D eigenvalue weighted by Crippen LogP contribution is -2.63. The molecule has 3 aliphatic rings. The van der Waals surface area contributed by atoms with Crippen molar-refractivity contribution in [2.45, 2.75) is 106 Å². The van der Waals surface area contributed by atoms with Crippen molar-refractivity contribution in [1.29, 1.82) is 0 Å². The average molecular weight is 632 g/mol. The number of hydrogen-bond acceptors (Lipinski definition) is 9. The number of carbonyl (C=O) groups excluding carboxylic acids is 3. The average Bonchev–Trinajstić information content (AvgIpc) is 3.49. The molecule has 41 heavy (non-hydrogen) atoms. The molecule has 230 valence electrons. The van der Waals surface area contributed by atoms with Crippen LogP contribution in [-0.4, -0.2) is 73.1 Å². The number of nitrogens with zero attached hydrogens (tertiary/aromatic N) is 1. The molecule has 9 nitrogen and oxygen atoms in total. The van der Waals surface area contributed by atoms with E-state index in [0.29, 0.717) is 6.79 Å². The van der Waals surface area contributed by atoms with Gasteiger partial charge in [0.2, 0.25) is 19.5 Å². The number of carbonyl (C=O) groups is 3. The van der Waals surface area contributed by atoms with E-state index in [1.807, 2.05) is 32.0 Å². The molecule has 5 atom stereocenters. The molecular formula is C29H42ClNO8S2. The van der Waals surface area contributed by atoms with E-state index >= 15 is 0 Å². The molecule has 3 heterocycles. The molecule has 3 aliphatic heterocycles. The van der Waals surface area contributed by atoms with Crippen LogP contribution in [0, 0.1) is 0 Å². The molecule has 0 bridgehead atoms. The normalized spacial score (nSPS) is 23.0. The molecule has 0 spiro atoms. The Labute approximate surface area is 254 Å². The minimum absolute atomic E-state index is 0.191. The van der Waals surface area contributed by atoms with Gasteiger partial charge in [-0.05, 0) is 44.4 Å². The Morgan fingerprint density at radius 1 is 1.15 bits per heavy atom. The Hall–Kier alpha value is -1.98. The summed E-state index contributed by atoms with van der Waals surface area (Å²) in [5.41, 5.74) is 1.17. The van der Waals surface area contributed by atoms with Gasteiger partial charge in [-0.25, -0.2) is 4.79 Å². The van der Waals surface area contributed by atoms with Gasteiger partial charge in [0.05, 0.1) is 0 Å². The van der Waals surface area contributed by atoms with Gasteiger partial charge in [0.25, 0.3) is 0 Å². The van der Waals surface area contributed by atoms with Crippen LogP contribution < -0.4 is 9.47 Å². The van der Waals surface area contributed by atoms with Gasteiger partial charge >= 0.3 is 11.9 Å². The minimum atomic E-state index is -0.743. The number of alkyl halides is 1. The Morgan fingerprint density at radius 2 is 1.83 bits per heavy atom. The third-order valence-corrected chi connectivity index (χ3v) is 11.1. The van der Waals surface area contributed by atoms with Gasteiger partial charge in [-0.2, -0.15) is 0 Å². The van der Waals surface area contributed by atoms with Crippen LogP contribution in [0.25, 0.3) is 0 Å². The second kappa shape index (κ2) is 15.5. The maximum absolute atomic E-state index is 12.3. The lowest BCUT2D eigenvalue weighted by molar-refractivity contribution is -0.174. The summed E-state index contributed by atoms with van der Waals surface area (Å²) >= 11 is 7.38. The number of esters is 2. The molecule has 0 saturated carbocycles. The number of ether oxygens (including phenoxy) is 4. The van der Waals surface area contributed by atoms with Gasteiger partial charge in [0, 0.05) is 33.5 Å². The number of halogens is 1. The monoisotopic (exact) mass is 631 g/mol. The van der Waals surface area contributed by atoms with E-state index in [4.69, 9.17) is 25.8 Å². The maximum Gasteiger partial charge on any atom is 0.333 e. The standard InChI is InChI=1S/C18H28O3S.C11H14ClNO5S/c1-3-4-5-6-7-8-11-22(19)15(2)12-16-9-10-17-18(13-16)21-14-20-17;1-5(14)17-4-18-10(16)7-11(2,3)19-9-6(12)8(15)13(7)9/h9-10,13,15H,3-8,11-12,14H2,1-2H3;6-7,9H,4H2,1-3H3/t;6-,7+,9-/m.1/s1. The molecule has 0 radical (unpaired) electrons. The Kier molecular flexibility index (Phi) is 12.7. The van der Waals surface area contributed by atoms with Gasteiger partial charge in [-0.1, -0.05) is 52.0 Å². The highest BCUT2D eigenvalue weighted by Gasteiger charge is 2.63. The molecule has 2 saturated heterocycles. The summed E-state index contributed by atoms with van der Waals surface area (Å²) in [5, 5.41) is -0.595. The summed E-state index contributed by atoms with van der Waals surface area (Å²) in [5.74, 6) is 1.07. The molecule has 2 fully saturated rings. The first kappa shape index (κ1) is 33.5. The van der Waals surface area contributed by atoms with Crippen molar-refractivity contribution in [3.05, 3.63) is 23.8 Å². The van der Waals surface area contributed by atoms with Crippen LogP contribution >= 0.6 is 23.4 Å². The number of fused-ring (bicyclic) bond motifs is 2. The fourth-order valence-corrected chi connectivity index (χ4v) is 8.11. The highest BCUT2D eigenvalue weighted by atomic mass is 35.5. The van der Waals surface area contributed by atoms with E-state index in [9.17, 15) is 18.6 Å². The minimum Gasteiger partial charge on any atom is -0.454 e. The summed E-state index contributed by atoms with van der Waals surface area (Å²) in [6.45, 7) is 9.09. The number of rotatable bonds is 13. The Bertz CT molecular complexity index is 1100. The van der Waals surface area contributed by atoms with Crippen LogP contribution in [0.4, 0.5) is 0 Å². The molecule has 2 unspecified atom stereocenters. The zero-order valence-corrected chi connectivity index (χ0v) is 26.9. The predicted octanol–water partition coefficient (Wildman–Crippen LogP) is 5.18. The van der Waals surface area contributed by atoms with Gasteiger partial charge in [-0.3, -0.25) is 13.8 Å². The second-order valence-electron chi connectivity index (χ2n) is 10.9. The summed E-state index contributed by atoms with van der Waals surface area (Å²) in [7, 11) is -0.743. The number of benzene rings is 1. The number of unbranched alkanes of at least 4 members (excludes halogenated alkanes) is 5. The zero-order valence-electron chi connectivity index (χ0n) is 24.5. The lowest BCUT2D eigenvalue weighted by Gasteiger charge is -2.40. The molecular weight excluding hydrogens is 590 g/mol. The highest BCUT2D eigenvalue weighted by molar-refractivity contribution is 8.01. The summed E-state index contributed by atoms with van der Waals surface area (Å²) in [6, 6.07) is 5.30. The molecule has 0 aromatic heterocycles. The van der Waals surface area contributed by atoms with Gasteiger partial charge in [-0.15, -0.1) is 23.4 Å². The van der Waals surface area contributed by atoms with Crippen LogP contribution in [0.3, 0.4) is 0 Å². The Balaban J connectivity index is 0.000000228. The van der Waals surface area contributed by atoms with Crippen LogP contribution in [0.1, 0.15) is 78.7 Å². The SMILES string of the molecule is CC(=O)OCOC(=O)[C@@H]1N2C(=O)[C@@H](Cl)[C@H]2SC1(C)C.CCCCCCCCS(=O)C(C)Cc1ccc2c(c1)OCO2. The second-order valence-corrected chi connectivity index (χ2v) is 15.1. The molecule has 12 heteroatoms. The van der Waals surface area contributed by atoms with Crippen LogP contribution in [-0.2, 0) is 41.1 Å². The van der Waals surface area contributed by atoms with Gasteiger partial charge in [0.15, 0.2) is 11.5 Å². The van der Waals surface area contributed by atoms with Crippen molar-refractivity contribution >= 4 is 52.0 Å². The highest BCUT2D eigenvalue weighted by Crippen LogP contribution is 2.52. The first-order valence-corrected chi connectivity index (χ1v) is 16.9. The number of amides is 1. The van der Waals surface area contributed by atoms with Crippen molar-refractivity contribution in [2.24, 2.45) is 0 Å². The topological polar surface area (TPSA) is 108 Å². The molecule has 0 aliphatic carbocycles. The quantitative estimate of drug-likeness (QED) is 0.0957. The van der Waals surface area contributed by atoms with Crippen molar-refractivity contribution < 1.29 is 37.5 Å². The molecule has 1 aromatic rings.